The van der Waals surface area contributed by atoms with E-state index >= 15 is 0 Å². The predicted octanol–water partition coefficient (Wildman–Crippen LogP) is 23.5. The summed E-state index contributed by atoms with van der Waals surface area (Å²) in [6.07, 6.45) is 85.2. The van der Waals surface area contributed by atoms with Gasteiger partial charge in [-0.3, -0.25) is 14.4 Å². The van der Waals surface area contributed by atoms with E-state index in [9.17, 15) is 14.4 Å². The molecule has 0 aliphatic carbocycles. The third-order valence-corrected chi connectivity index (χ3v) is 15.3. The summed E-state index contributed by atoms with van der Waals surface area (Å²) in [5, 5.41) is 0. The van der Waals surface area contributed by atoms with Crippen LogP contribution in [0.5, 0.6) is 0 Å². The Morgan fingerprint density at radius 1 is 0.269 bits per heavy atom. The highest BCUT2D eigenvalue weighted by Gasteiger charge is 2.19. The van der Waals surface area contributed by atoms with Crippen molar-refractivity contribution < 1.29 is 28.6 Å². The summed E-state index contributed by atoms with van der Waals surface area (Å²) in [5.74, 6) is -0.857. The molecule has 0 saturated heterocycles. The maximum absolute atomic E-state index is 12.9. The molecular weight excluding hydrogens is 961 g/mol. The molecule has 6 heteroatoms. The molecule has 0 fully saturated rings. The Hall–Kier alpha value is -2.89. The third kappa shape index (κ3) is 63.9. The first-order chi connectivity index (χ1) is 38.5. The molecule has 0 aromatic rings. The van der Waals surface area contributed by atoms with Crippen LogP contribution in [0.1, 0.15) is 361 Å². The Kier molecular flexibility index (Phi) is 64.2. The first kappa shape index (κ1) is 75.1. The number of hydrogen-bond donors (Lipinski definition) is 0. The molecule has 0 aromatic heterocycles. The van der Waals surface area contributed by atoms with Crippen molar-refractivity contribution >= 4 is 17.9 Å². The summed E-state index contributed by atoms with van der Waals surface area (Å²) < 4.78 is 17.0. The molecule has 1 atom stereocenters. The number of rotatable bonds is 63. The van der Waals surface area contributed by atoms with Gasteiger partial charge in [-0.25, -0.2) is 0 Å². The Morgan fingerprint density at radius 3 is 0.795 bits per heavy atom. The minimum absolute atomic E-state index is 0.0736. The molecule has 0 amide bonds. The minimum atomic E-state index is -0.777. The summed E-state index contributed by atoms with van der Waals surface area (Å²) in [6.45, 7) is 6.58. The molecule has 0 aliphatic heterocycles. The van der Waals surface area contributed by atoms with Crippen molar-refractivity contribution in [3.63, 3.8) is 0 Å². The van der Waals surface area contributed by atoms with Gasteiger partial charge in [-0.15, -0.1) is 0 Å². The number of carbonyl (C=O) groups excluding carboxylic acids is 3. The molecular formula is C72H130O6. The van der Waals surface area contributed by atoms with E-state index in [1.165, 1.54) is 238 Å². The molecule has 78 heavy (non-hydrogen) atoms. The number of carbonyl (C=O) groups is 3. The van der Waals surface area contributed by atoms with Gasteiger partial charge in [0.1, 0.15) is 13.2 Å². The van der Waals surface area contributed by atoms with Crippen LogP contribution in [0, 0.1) is 0 Å². The van der Waals surface area contributed by atoms with Gasteiger partial charge < -0.3 is 14.2 Å². The molecule has 0 aromatic carbocycles. The van der Waals surface area contributed by atoms with Gasteiger partial charge in [0.25, 0.3) is 0 Å². The second kappa shape index (κ2) is 66.6. The lowest BCUT2D eigenvalue weighted by Crippen LogP contribution is -2.30. The highest BCUT2D eigenvalue weighted by molar-refractivity contribution is 5.71. The average Bonchev–Trinajstić information content (AvgIpc) is 3.44. The van der Waals surface area contributed by atoms with Crippen LogP contribution in [-0.4, -0.2) is 37.2 Å². The van der Waals surface area contributed by atoms with Crippen molar-refractivity contribution in [2.75, 3.05) is 13.2 Å². The molecule has 0 rings (SSSR count). The predicted molar refractivity (Wildman–Crippen MR) is 339 cm³/mol. The van der Waals surface area contributed by atoms with Gasteiger partial charge >= 0.3 is 17.9 Å². The molecule has 0 N–H and O–H groups in total. The quantitative estimate of drug-likeness (QED) is 0.0261. The number of unbranched alkanes of at least 4 members (excludes halogenated alkanes) is 42. The van der Waals surface area contributed by atoms with E-state index in [0.717, 1.165) is 83.5 Å². The second-order valence-corrected chi connectivity index (χ2v) is 23.1. The molecule has 0 aliphatic rings. The van der Waals surface area contributed by atoms with Crippen molar-refractivity contribution in [2.45, 2.75) is 367 Å². The number of allylic oxidation sites excluding steroid dienone is 10. The zero-order chi connectivity index (χ0) is 56.4. The Balaban J connectivity index is 4.34. The summed E-state index contributed by atoms with van der Waals surface area (Å²) >= 11 is 0. The Morgan fingerprint density at radius 2 is 0.500 bits per heavy atom. The maximum atomic E-state index is 12.9. The number of esters is 3. The monoisotopic (exact) mass is 1090 g/mol. The van der Waals surface area contributed by atoms with Crippen molar-refractivity contribution in [1.29, 1.82) is 0 Å². The van der Waals surface area contributed by atoms with Crippen LogP contribution in [0.4, 0.5) is 0 Å². The van der Waals surface area contributed by atoms with Crippen LogP contribution in [0.3, 0.4) is 0 Å². The van der Waals surface area contributed by atoms with E-state index in [0.29, 0.717) is 19.3 Å². The average molecular weight is 1090 g/mol. The van der Waals surface area contributed by atoms with Crippen LogP contribution in [0.2, 0.25) is 0 Å². The minimum Gasteiger partial charge on any atom is -0.462 e. The number of hydrogen-bond acceptors (Lipinski definition) is 6. The molecule has 1 unspecified atom stereocenters. The smallest absolute Gasteiger partial charge is 0.306 e. The third-order valence-electron chi connectivity index (χ3n) is 15.3. The van der Waals surface area contributed by atoms with Crippen LogP contribution in [-0.2, 0) is 28.6 Å². The van der Waals surface area contributed by atoms with Gasteiger partial charge in [-0.05, 0) is 83.5 Å². The lowest BCUT2D eigenvalue weighted by Gasteiger charge is -2.18. The first-order valence-electron chi connectivity index (χ1n) is 34.3. The Labute approximate surface area is 485 Å². The van der Waals surface area contributed by atoms with Gasteiger partial charge in [-0.2, -0.15) is 0 Å². The van der Waals surface area contributed by atoms with Crippen LogP contribution < -0.4 is 0 Å². The van der Waals surface area contributed by atoms with Gasteiger partial charge in [-0.1, -0.05) is 319 Å². The largest absolute Gasteiger partial charge is 0.462 e. The van der Waals surface area contributed by atoms with E-state index in [2.05, 4.69) is 81.5 Å². The van der Waals surface area contributed by atoms with E-state index < -0.39 is 6.10 Å². The fourth-order valence-electron chi connectivity index (χ4n) is 10.1. The molecule has 0 heterocycles. The van der Waals surface area contributed by atoms with Gasteiger partial charge in [0, 0.05) is 19.3 Å². The molecule has 454 valence electrons. The van der Waals surface area contributed by atoms with Crippen LogP contribution in [0.25, 0.3) is 0 Å². The standard InChI is InChI=1S/C72H130O6/c1-4-7-10-13-16-19-22-25-28-31-34-35-36-37-39-41-44-47-50-53-56-59-62-65-71(74)77-68-69(67-76-70(73)64-61-58-55-52-49-46-43-40-33-30-27-24-21-18-15-12-9-6-3)78-72(75)66-63-60-57-54-51-48-45-42-38-32-29-26-23-20-17-14-11-8-5-2/h7,10,16,19,25,28,30,33-35,69H,4-6,8-9,11-15,17-18,20-24,26-27,29,31-32,36-68H2,1-3H3/b10-7-,19-16-,28-25-,33-30-,35-34-. The van der Waals surface area contributed by atoms with E-state index in [4.69, 9.17) is 14.2 Å². The highest BCUT2D eigenvalue weighted by Crippen LogP contribution is 2.18. The highest BCUT2D eigenvalue weighted by atomic mass is 16.6. The van der Waals surface area contributed by atoms with Crippen molar-refractivity contribution in [3.8, 4) is 0 Å². The van der Waals surface area contributed by atoms with Crippen molar-refractivity contribution in [3.05, 3.63) is 60.8 Å². The normalized spacial score (nSPS) is 12.4. The molecule has 0 bridgehead atoms. The summed E-state index contributed by atoms with van der Waals surface area (Å²) in [4.78, 5) is 38.4. The SMILES string of the molecule is CC/C=C\C/C=C\C/C=C\C/C=C\CCCCCCCCCCCCC(=O)OCC(COC(=O)CCCCCCCCC/C=C\CCCCCCCCC)OC(=O)CCCCCCCCCCCCCCCCCCCCC. The fourth-order valence-corrected chi connectivity index (χ4v) is 10.1. The van der Waals surface area contributed by atoms with E-state index in [1.807, 2.05) is 0 Å². The summed E-state index contributed by atoms with van der Waals surface area (Å²) in [7, 11) is 0. The van der Waals surface area contributed by atoms with Crippen LogP contribution >= 0.6 is 0 Å². The zero-order valence-corrected chi connectivity index (χ0v) is 52.2. The van der Waals surface area contributed by atoms with E-state index in [1.54, 1.807) is 0 Å². The molecule has 0 saturated carbocycles. The van der Waals surface area contributed by atoms with E-state index in [-0.39, 0.29) is 31.1 Å². The van der Waals surface area contributed by atoms with Gasteiger partial charge in [0.2, 0.25) is 0 Å². The number of ether oxygens (including phenoxy) is 3. The Bertz CT molecular complexity index is 1390. The lowest BCUT2D eigenvalue weighted by molar-refractivity contribution is -0.167. The topological polar surface area (TPSA) is 78.9 Å². The fraction of sp³-hybridized carbons (Fsp3) is 0.819. The first-order valence-corrected chi connectivity index (χ1v) is 34.3. The van der Waals surface area contributed by atoms with Crippen molar-refractivity contribution in [1.82, 2.24) is 0 Å². The maximum Gasteiger partial charge on any atom is 0.306 e. The van der Waals surface area contributed by atoms with Gasteiger partial charge in [0.05, 0.1) is 0 Å². The molecule has 0 spiro atoms. The molecule has 6 nitrogen and oxygen atoms in total. The lowest BCUT2D eigenvalue weighted by atomic mass is 10.0. The van der Waals surface area contributed by atoms with Crippen LogP contribution in [0.15, 0.2) is 60.8 Å². The van der Waals surface area contributed by atoms with Gasteiger partial charge in [0.15, 0.2) is 6.10 Å². The van der Waals surface area contributed by atoms with Crippen molar-refractivity contribution in [2.24, 2.45) is 0 Å². The summed E-state index contributed by atoms with van der Waals surface area (Å²) in [6, 6.07) is 0. The summed E-state index contributed by atoms with van der Waals surface area (Å²) in [5.41, 5.74) is 0. The molecule has 0 radical (unpaired) electrons. The zero-order valence-electron chi connectivity index (χ0n) is 52.2. The second-order valence-electron chi connectivity index (χ2n) is 23.1.